The summed E-state index contributed by atoms with van der Waals surface area (Å²) in [6.45, 7) is 3.61. The fraction of sp³-hybridized carbons (Fsp3) is 0.464. The maximum atomic E-state index is 13.6. The van der Waals surface area contributed by atoms with Crippen LogP contribution < -0.4 is 14.2 Å². The van der Waals surface area contributed by atoms with E-state index >= 15 is 0 Å². The summed E-state index contributed by atoms with van der Waals surface area (Å²) in [4.78, 5) is 28.0. The average molecular weight is 510 g/mol. The fourth-order valence-corrected chi connectivity index (χ4v) is 4.94. The zero-order chi connectivity index (χ0) is 26.4. The number of ether oxygens (including phenoxy) is 4. The highest BCUT2D eigenvalue weighted by Gasteiger charge is 2.36. The minimum absolute atomic E-state index is 0.118. The first-order valence-electron chi connectivity index (χ1n) is 12.6. The second-order valence-corrected chi connectivity index (χ2v) is 9.17. The van der Waals surface area contributed by atoms with Gasteiger partial charge in [-0.05, 0) is 56.1 Å². The van der Waals surface area contributed by atoms with Crippen molar-refractivity contribution >= 4 is 17.6 Å². The molecule has 2 heterocycles. The minimum atomic E-state index is -0.272. The van der Waals surface area contributed by atoms with Crippen molar-refractivity contribution in [2.45, 2.75) is 32.2 Å². The summed E-state index contributed by atoms with van der Waals surface area (Å²) in [7, 11) is 4.84. The van der Waals surface area contributed by atoms with E-state index in [1.54, 1.807) is 26.3 Å². The molecule has 4 rings (SSSR count). The van der Waals surface area contributed by atoms with Gasteiger partial charge in [0.05, 0.1) is 52.2 Å². The molecule has 1 saturated heterocycles. The number of nitrogens with zero attached hydrogens (tertiary/aromatic N) is 3. The molecule has 37 heavy (non-hydrogen) atoms. The van der Waals surface area contributed by atoms with Crippen LogP contribution >= 0.6 is 0 Å². The third-order valence-corrected chi connectivity index (χ3v) is 6.87. The molecule has 2 aliphatic heterocycles. The van der Waals surface area contributed by atoms with Crippen molar-refractivity contribution in [1.29, 1.82) is 0 Å². The van der Waals surface area contributed by atoms with Crippen molar-refractivity contribution < 1.29 is 28.5 Å². The molecule has 0 unspecified atom stereocenters. The number of likely N-dealkylation sites (tertiary alicyclic amines) is 1. The van der Waals surface area contributed by atoms with Crippen molar-refractivity contribution in [1.82, 2.24) is 9.91 Å². The molecule has 2 atom stereocenters. The van der Waals surface area contributed by atoms with E-state index in [-0.39, 0.29) is 30.4 Å². The van der Waals surface area contributed by atoms with E-state index in [9.17, 15) is 9.59 Å². The van der Waals surface area contributed by atoms with Gasteiger partial charge in [0, 0.05) is 24.6 Å². The first kappa shape index (κ1) is 26.5. The van der Waals surface area contributed by atoms with E-state index in [1.807, 2.05) is 54.3 Å². The summed E-state index contributed by atoms with van der Waals surface area (Å²) < 4.78 is 21.5. The standard InChI is InChI=1S/C28H35N3O6/c1-5-37-28(33)20-7-6-14-30(17-20)18-27(32)31-25(19-8-10-21(34-2)11-9-19)16-24(29-31)23-13-12-22(35-3)15-26(23)36-4/h8-13,15,20,25H,5-7,14,16-18H2,1-4H3/t20-,25+/m0/s1. The smallest absolute Gasteiger partial charge is 0.310 e. The maximum absolute atomic E-state index is 13.6. The van der Waals surface area contributed by atoms with Gasteiger partial charge in [0.2, 0.25) is 0 Å². The highest BCUT2D eigenvalue weighted by atomic mass is 16.5. The Morgan fingerprint density at radius 3 is 2.41 bits per heavy atom. The van der Waals surface area contributed by atoms with Crippen LogP contribution in [0.25, 0.3) is 0 Å². The van der Waals surface area contributed by atoms with Gasteiger partial charge in [0.25, 0.3) is 5.91 Å². The Bertz CT molecular complexity index is 1130. The van der Waals surface area contributed by atoms with Crippen LogP contribution in [-0.2, 0) is 14.3 Å². The van der Waals surface area contributed by atoms with Gasteiger partial charge in [-0.25, -0.2) is 5.01 Å². The normalized spacial score (nSPS) is 19.8. The third kappa shape index (κ3) is 6.05. The van der Waals surface area contributed by atoms with Crippen molar-refractivity contribution in [2.24, 2.45) is 11.0 Å². The number of carbonyl (C=O) groups excluding carboxylic acids is 2. The lowest BCUT2D eigenvalue weighted by atomic mass is 9.97. The van der Waals surface area contributed by atoms with Crippen LogP contribution in [0.3, 0.4) is 0 Å². The summed E-state index contributed by atoms with van der Waals surface area (Å²) in [6.07, 6.45) is 2.16. The van der Waals surface area contributed by atoms with Crippen LogP contribution in [-0.4, -0.2) is 75.1 Å². The molecule has 0 saturated carbocycles. The molecule has 9 heteroatoms. The van der Waals surface area contributed by atoms with E-state index in [1.165, 1.54) is 0 Å². The number of esters is 1. The van der Waals surface area contributed by atoms with Gasteiger partial charge in [-0.2, -0.15) is 5.10 Å². The predicted molar refractivity (Wildman–Crippen MR) is 139 cm³/mol. The van der Waals surface area contributed by atoms with Gasteiger partial charge < -0.3 is 18.9 Å². The average Bonchev–Trinajstić information content (AvgIpc) is 3.38. The Labute approximate surface area is 217 Å². The first-order valence-corrected chi connectivity index (χ1v) is 12.6. The highest BCUT2D eigenvalue weighted by molar-refractivity contribution is 6.05. The lowest BCUT2D eigenvalue weighted by molar-refractivity contribution is -0.150. The van der Waals surface area contributed by atoms with Crippen LogP contribution in [0.15, 0.2) is 47.6 Å². The molecular weight excluding hydrogens is 474 g/mol. The first-order chi connectivity index (χ1) is 18.0. The summed E-state index contributed by atoms with van der Waals surface area (Å²) in [6, 6.07) is 13.0. The molecule has 2 aliphatic rings. The topological polar surface area (TPSA) is 89.9 Å². The van der Waals surface area contributed by atoms with Crippen LogP contribution in [0.2, 0.25) is 0 Å². The molecule has 0 spiro atoms. The zero-order valence-corrected chi connectivity index (χ0v) is 21.9. The van der Waals surface area contributed by atoms with E-state index in [2.05, 4.69) is 0 Å². The monoisotopic (exact) mass is 509 g/mol. The Kier molecular flexibility index (Phi) is 8.66. The second-order valence-electron chi connectivity index (χ2n) is 9.17. The van der Waals surface area contributed by atoms with Gasteiger partial charge in [-0.1, -0.05) is 12.1 Å². The van der Waals surface area contributed by atoms with Gasteiger partial charge in [-0.15, -0.1) is 0 Å². The fourth-order valence-electron chi connectivity index (χ4n) is 4.94. The van der Waals surface area contributed by atoms with E-state index < -0.39 is 0 Å². The lowest BCUT2D eigenvalue weighted by Gasteiger charge is -2.32. The molecule has 1 fully saturated rings. The molecule has 198 valence electrons. The molecular formula is C28H35N3O6. The third-order valence-electron chi connectivity index (χ3n) is 6.87. The number of methoxy groups -OCH3 is 3. The largest absolute Gasteiger partial charge is 0.497 e. The quantitative estimate of drug-likeness (QED) is 0.477. The Balaban J connectivity index is 1.59. The molecule has 2 aromatic carbocycles. The SMILES string of the molecule is CCOC(=O)[C@H]1CCCN(CC(=O)N2N=C(c3ccc(OC)cc3OC)C[C@@H]2c2ccc(OC)cc2)C1. The van der Waals surface area contributed by atoms with E-state index in [0.29, 0.717) is 31.1 Å². The highest BCUT2D eigenvalue weighted by Crippen LogP contribution is 2.37. The zero-order valence-electron chi connectivity index (χ0n) is 21.9. The van der Waals surface area contributed by atoms with Crippen LogP contribution in [0, 0.1) is 5.92 Å². The maximum Gasteiger partial charge on any atom is 0.310 e. The Morgan fingerprint density at radius 1 is 1.00 bits per heavy atom. The second kappa shape index (κ2) is 12.1. The summed E-state index contributed by atoms with van der Waals surface area (Å²) >= 11 is 0. The number of carbonyl (C=O) groups is 2. The van der Waals surface area contributed by atoms with Crippen molar-refractivity contribution in [3.05, 3.63) is 53.6 Å². The Hall–Kier alpha value is -3.59. The molecule has 9 nitrogen and oxygen atoms in total. The molecule has 2 aromatic rings. The number of hydrogen-bond acceptors (Lipinski definition) is 8. The molecule has 0 aromatic heterocycles. The van der Waals surface area contributed by atoms with Crippen molar-refractivity contribution in [2.75, 3.05) is 47.6 Å². The molecule has 0 bridgehead atoms. The van der Waals surface area contributed by atoms with Gasteiger partial charge in [0.1, 0.15) is 17.2 Å². The number of rotatable bonds is 9. The number of amides is 1. The number of piperidine rings is 1. The van der Waals surface area contributed by atoms with Crippen molar-refractivity contribution in [3.63, 3.8) is 0 Å². The van der Waals surface area contributed by atoms with Crippen LogP contribution in [0.5, 0.6) is 17.2 Å². The minimum Gasteiger partial charge on any atom is -0.497 e. The van der Waals surface area contributed by atoms with Crippen LogP contribution in [0.4, 0.5) is 0 Å². The molecule has 0 N–H and O–H groups in total. The summed E-state index contributed by atoms with van der Waals surface area (Å²) in [5, 5.41) is 6.38. The molecule has 0 aliphatic carbocycles. The number of benzene rings is 2. The number of hydrogen-bond donors (Lipinski definition) is 0. The summed E-state index contributed by atoms with van der Waals surface area (Å²) in [5.74, 6) is 1.54. The Morgan fingerprint density at radius 2 is 1.73 bits per heavy atom. The van der Waals surface area contributed by atoms with Gasteiger partial charge in [0.15, 0.2) is 0 Å². The van der Waals surface area contributed by atoms with Gasteiger partial charge >= 0.3 is 5.97 Å². The van der Waals surface area contributed by atoms with E-state index in [0.717, 1.165) is 42.0 Å². The predicted octanol–water partition coefficient (Wildman–Crippen LogP) is 3.67. The number of hydrazone groups is 1. The van der Waals surface area contributed by atoms with E-state index in [4.69, 9.17) is 24.0 Å². The molecule has 1 amide bonds. The van der Waals surface area contributed by atoms with Crippen LogP contribution in [0.1, 0.15) is 43.4 Å². The summed E-state index contributed by atoms with van der Waals surface area (Å²) in [5.41, 5.74) is 2.54. The van der Waals surface area contributed by atoms with Crippen molar-refractivity contribution in [3.8, 4) is 17.2 Å². The lowest BCUT2D eigenvalue weighted by Crippen LogP contribution is -2.44. The molecule has 0 radical (unpaired) electrons. The van der Waals surface area contributed by atoms with Gasteiger partial charge in [-0.3, -0.25) is 14.5 Å².